The van der Waals surface area contributed by atoms with E-state index in [-0.39, 0.29) is 17.7 Å². The maximum Gasteiger partial charge on any atom is 0.348 e. The lowest BCUT2D eigenvalue weighted by Crippen LogP contribution is -2.10. The number of aryl methyl sites for hydroxylation is 1. The standard InChI is InChI=1S/C22H21NO6/c1-26-18-8-4-15(5-9-18)7-11-21(24)29-19-10-6-16(13-20(19)27-2)12-17(14-23)22(25)28-3/h4-6,8-10,12-13H,7,11H2,1-3H3/b17-12+. The van der Waals surface area contributed by atoms with Gasteiger partial charge in [-0.3, -0.25) is 4.79 Å². The van der Waals surface area contributed by atoms with E-state index in [0.29, 0.717) is 17.7 Å². The Labute approximate surface area is 169 Å². The smallest absolute Gasteiger partial charge is 0.348 e. The highest BCUT2D eigenvalue weighted by molar-refractivity contribution is 5.97. The van der Waals surface area contributed by atoms with E-state index in [2.05, 4.69) is 4.74 Å². The van der Waals surface area contributed by atoms with Crippen LogP contribution in [0.5, 0.6) is 17.2 Å². The summed E-state index contributed by atoms with van der Waals surface area (Å²) in [6.45, 7) is 0. The van der Waals surface area contributed by atoms with E-state index in [1.807, 2.05) is 24.3 Å². The summed E-state index contributed by atoms with van der Waals surface area (Å²) >= 11 is 0. The topological polar surface area (TPSA) is 94.9 Å². The number of methoxy groups -OCH3 is 3. The van der Waals surface area contributed by atoms with Gasteiger partial charge in [0, 0.05) is 6.42 Å². The van der Waals surface area contributed by atoms with Crippen molar-refractivity contribution in [2.45, 2.75) is 12.8 Å². The molecule has 0 radical (unpaired) electrons. The second-order valence-electron chi connectivity index (χ2n) is 5.89. The van der Waals surface area contributed by atoms with Crippen LogP contribution in [0.4, 0.5) is 0 Å². The van der Waals surface area contributed by atoms with Crippen LogP contribution in [-0.2, 0) is 20.7 Å². The average Bonchev–Trinajstić information content (AvgIpc) is 2.76. The van der Waals surface area contributed by atoms with Crippen LogP contribution >= 0.6 is 0 Å². The van der Waals surface area contributed by atoms with Gasteiger partial charge < -0.3 is 18.9 Å². The summed E-state index contributed by atoms with van der Waals surface area (Å²) in [5.74, 6) is 0.164. The molecule has 0 saturated heterocycles. The van der Waals surface area contributed by atoms with Crippen molar-refractivity contribution in [1.29, 1.82) is 5.26 Å². The molecule has 2 rings (SSSR count). The number of hydrogen-bond acceptors (Lipinski definition) is 7. The Bertz CT molecular complexity index is 941. The third kappa shape index (κ3) is 6.11. The van der Waals surface area contributed by atoms with Gasteiger partial charge in [0.25, 0.3) is 0 Å². The van der Waals surface area contributed by atoms with Crippen LogP contribution < -0.4 is 14.2 Å². The van der Waals surface area contributed by atoms with Gasteiger partial charge in [-0.1, -0.05) is 18.2 Å². The zero-order chi connectivity index (χ0) is 21.2. The Morgan fingerprint density at radius 3 is 2.31 bits per heavy atom. The van der Waals surface area contributed by atoms with E-state index in [4.69, 9.17) is 19.5 Å². The fraction of sp³-hybridized carbons (Fsp3) is 0.227. The Hall–Kier alpha value is -3.79. The molecule has 0 amide bonds. The molecule has 0 fully saturated rings. The van der Waals surface area contributed by atoms with Crippen molar-refractivity contribution in [3.63, 3.8) is 0 Å². The highest BCUT2D eigenvalue weighted by atomic mass is 16.6. The van der Waals surface area contributed by atoms with Crippen LogP contribution in [0.3, 0.4) is 0 Å². The van der Waals surface area contributed by atoms with Gasteiger partial charge in [-0.05, 0) is 47.9 Å². The van der Waals surface area contributed by atoms with Gasteiger partial charge in [0.2, 0.25) is 0 Å². The third-order valence-electron chi connectivity index (χ3n) is 4.03. The van der Waals surface area contributed by atoms with Crippen molar-refractivity contribution in [3.05, 3.63) is 59.2 Å². The molecule has 150 valence electrons. The van der Waals surface area contributed by atoms with Crippen molar-refractivity contribution < 1.29 is 28.5 Å². The van der Waals surface area contributed by atoms with Crippen LogP contribution in [0, 0.1) is 11.3 Å². The summed E-state index contributed by atoms with van der Waals surface area (Å²) in [4.78, 5) is 23.7. The monoisotopic (exact) mass is 395 g/mol. The van der Waals surface area contributed by atoms with Crippen LogP contribution in [0.1, 0.15) is 17.5 Å². The Morgan fingerprint density at radius 2 is 1.72 bits per heavy atom. The number of nitriles is 1. The lowest BCUT2D eigenvalue weighted by Gasteiger charge is -2.10. The summed E-state index contributed by atoms with van der Waals surface area (Å²) in [6.07, 6.45) is 2.08. The molecule has 0 aliphatic rings. The lowest BCUT2D eigenvalue weighted by molar-refractivity contribution is -0.136. The van der Waals surface area contributed by atoms with E-state index in [1.54, 1.807) is 31.4 Å². The molecule has 0 saturated carbocycles. The minimum atomic E-state index is -0.736. The number of rotatable bonds is 8. The number of hydrogen-bond donors (Lipinski definition) is 0. The molecule has 0 aliphatic heterocycles. The summed E-state index contributed by atoms with van der Waals surface area (Å²) in [5, 5.41) is 9.04. The van der Waals surface area contributed by atoms with Crippen LogP contribution in [-0.4, -0.2) is 33.3 Å². The Morgan fingerprint density at radius 1 is 1.00 bits per heavy atom. The number of carbonyl (C=O) groups is 2. The molecular weight excluding hydrogens is 374 g/mol. The fourth-order valence-electron chi connectivity index (χ4n) is 2.48. The van der Waals surface area contributed by atoms with Crippen molar-refractivity contribution in [1.82, 2.24) is 0 Å². The van der Waals surface area contributed by atoms with E-state index in [0.717, 1.165) is 11.3 Å². The first-order valence-electron chi connectivity index (χ1n) is 8.72. The molecule has 0 aromatic heterocycles. The van der Waals surface area contributed by atoms with Crippen molar-refractivity contribution in [3.8, 4) is 23.3 Å². The Balaban J connectivity index is 2.06. The van der Waals surface area contributed by atoms with Crippen LogP contribution in [0.15, 0.2) is 48.0 Å². The van der Waals surface area contributed by atoms with Crippen LogP contribution in [0.2, 0.25) is 0 Å². The van der Waals surface area contributed by atoms with Crippen molar-refractivity contribution >= 4 is 18.0 Å². The largest absolute Gasteiger partial charge is 0.497 e. The lowest BCUT2D eigenvalue weighted by atomic mass is 10.1. The molecule has 0 atom stereocenters. The normalized spacial score (nSPS) is 10.6. The molecule has 0 unspecified atom stereocenters. The molecule has 29 heavy (non-hydrogen) atoms. The molecule has 7 nitrogen and oxygen atoms in total. The summed E-state index contributed by atoms with van der Waals surface area (Å²) in [6, 6.07) is 13.9. The second-order valence-corrected chi connectivity index (χ2v) is 5.89. The minimum Gasteiger partial charge on any atom is -0.497 e. The number of nitrogens with zero attached hydrogens (tertiary/aromatic N) is 1. The average molecular weight is 395 g/mol. The van der Waals surface area contributed by atoms with E-state index in [9.17, 15) is 9.59 Å². The molecule has 7 heteroatoms. The van der Waals surface area contributed by atoms with Gasteiger partial charge in [0.15, 0.2) is 11.5 Å². The third-order valence-corrected chi connectivity index (χ3v) is 4.03. The first-order chi connectivity index (χ1) is 14.0. The number of benzene rings is 2. The summed E-state index contributed by atoms with van der Waals surface area (Å²) < 4.78 is 20.3. The molecule has 0 heterocycles. The summed E-state index contributed by atoms with van der Waals surface area (Å²) in [7, 11) is 4.23. The number of esters is 2. The first kappa shape index (κ1) is 21.5. The fourth-order valence-corrected chi connectivity index (χ4v) is 2.48. The molecule has 0 bridgehead atoms. The number of ether oxygens (including phenoxy) is 4. The highest BCUT2D eigenvalue weighted by Crippen LogP contribution is 2.29. The Kier molecular flexibility index (Phi) is 7.80. The predicted octanol–water partition coefficient (Wildman–Crippen LogP) is 3.32. The maximum atomic E-state index is 12.2. The van der Waals surface area contributed by atoms with E-state index in [1.165, 1.54) is 20.3 Å². The molecular formula is C22H21NO6. The van der Waals surface area contributed by atoms with Gasteiger partial charge in [0.05, 0.1) is 21.3 Å². The van der Waals surface area contributed by atoms with Crippen molar-refractivity contribution in [2.24, 2.45) is 0 Å². The van der Waals surface area contributed by atoms with Crippen molar-refractivity contribution in [2.75, 3.05) is 21.3 Å². The predicted molar refractivity (Wildman–Crippen MR) is 106 cm³/mol. The second kappa shape index (κ2) is 10.5. The van der Waals surface area contributed by atoms with Crippen LogP contribution in [0.25, 0.3) is 6.08 Å². The minimum absolute atomic E-state index is 0.154. The quantitative estimate of drug-likeness (QED) is 0.293. The molecule has 0 spiro atoms. The number of carbonyl (C=O) groups excluding carboxylic acids is 2. The van der Waals surface area contributed by atoms with Gasteiger partial charge in [0.1, 0.15) is 17.4 Å². The van der Waals surface area contributed by atoms with Gasteiger partial charge in [-0.2, -0.15) is 5.26 Å². The van der Waals surface area contributed by atoms with E-state index >= 15 is 0 Å². The zero-order valence-electron chi connectivity index (χ0n) is 16.4. The molecule has 0 aliphatic carbocycles. The van der Waals surface area contributed by atoms with Gasteiger partial charge >= 0.3 is 11.9 Å². The molecule has 2 aromatic rings. The first-order valence-corrected chi connectivity index (χ1v) is 8.72. The zero-order valence-corrected chi connectivity index (χ0v) is 16.4. The summed E-state index contributed by atoms with van der Waals surface area (Å²) in [5.41, 5.74) is 1.36. The van der Waals surface area contributed by atoms with E-state index < -0.39 is 11.9 Å². The van der Waals surface area contributed by atoms with Gasteiger partial charge in [-0.25, -0.2) is 4.79 Å². The maximum absolute atomic E-state index is 12.2. The molecule has 0 N–H and O–H groups in total. The highest BCUT2D eigenvalue weighted by Gasteiger charge is 2.13. The van der Waals surface area contributed by atoms with Gasteiger partial charge in [-0.15, -0.1) is 0 Å². The molecule has 2 aromatic carbocycles. The SMILES string of the molecule is COC(=O)/C(C#N)=C/c1ccc(OC(=O)CCc2ccc(OC)cc2)c(OC)c1.